The SMILES string of the molecule is CCOc1ccc(-n2cc(C#N)c(=O)[nH]c2=O)cn1. The second-order valence-corrected chi connectivity index (χ2v) is 3.57. The smallest absolute Gasteiger partial charge is 0.333 e. The van der Waals surface area contributed by atoms with E-state index in [0.29, 0.717) is 18.2 Å². The van der Waals surface area contributed by atoms with Crippen molar-refractivity contribution in [2.75, 3.05) is 6.61 Å². The Kier molecular flexibility index (Phi) is 3.43. The maximum absolute atomic E-state index is 11.7. The minimum atomic E-state index is -0.706. The van der Waals surface area contributed by atoms with Gasteiger partial charge in [0, 0.05) is 12.3 Å². The Labute approximate surface area is 107 Å². The Balaban J connectivity index is 2.50. The normalized spacial score (nSPS) is 9.89. The van der Waals surface area contributed by atoms with Crippen molar-refractivity contribution in [1.29, 1.82) is 5.26 Å². The number of hydrogen-bond donors (Lipinski definition) is 1. The highest BCUT2D eigenvalue weighted by Gasteiger charge is 2.06. The van der Waals surface area contributed by atoms with Gasteiger partial charge in [-0.1, -0.05) is 0 Å². The predicted octanol–water partition coefficient (Wildman–Crippen LogP) is 0.191. The van der Waals surface area contributed by atoms with E-state index in [1.165, 1.54) is 12.4 Å². The third-order valence-corrected chi connectivity index (χ3v) is 2.35. The van der Waals surface area contributed by atoms with Gasteiger partial charge < -0.3 is 4.74 Å². The number of aromatic amines is 1. The van der Waals surface area contributed by atoms with Crippen LogP contribution < -0.4 is 16.0 Å². The second kappa shape index (κ2) is 5.18. The summed E-state index contributed by atoms with van der Waals surface area (Å²) in [5, 5.41) is 8.77. The number of ether oxygens (including phenoxy) is 1. The zero-order valence-electron chi connectivity index (χ0n) is 10.1. The standard InChI is InChI=1S/C12H10N4O3/c1-2-19-10-4-3-9(6-14-10)16-7-8(5-13)11(17)15-12(16)18/h3-4,6-7H,2H2,1H3,(H,15,17,18). The molecule has 0 aliphatic rings. The summed E-state index contributed by atoms with van der Waals surface area (Å²) in [7, 11) is 0. The molecule has 0 atom stereocenters. The van der Waals surface area contributed by atoms with Crippen LogP contribution in [0.15, 0.2) is 34.1 Å². The molecule has 0 aliphatic carbocycles. The number of H-pyrrole nitrogens is 1. The van der Waals surface area contributed by atoms with Gasteiger partial charge in [0.05, 0.1) is 18.5 Å². The third-order valence-electron chi connectivity index (χ3n) is 2.35. The van der Waals surface area contributed by atoms with E-state index in [2.05, 4.69) is 9.97 Å². The summed E-state index contributed by atoms with van der Waals surface area (Å²) in [5.41, 5.74) is -1.05. The van der Waals surface area contributed by atoms with E-state index in [1.54, 1.807) is 18.2 Å². The van der Waals surface area contributed by atoms with E-state index >= 15 is 0 Å². The van der Waals surface area contributed by atoms with E-state index in [0.717, 1.165) is 4.57 Å². The lowest BCUT2D eigenvalue weighted by molar-refractivity contribution is 0.327. The lowest BCUT2D eigenvalue weighted by Gasteiger charge is -2.06. The number of aromatic nitrogens is 3. The third kappa shape index (κ3) is 2.52. The molecule has 1 N–H and O–H groups in total. The molecule has 0 saturated heterocycles. The van der Waals surface area contributed by atoms with Crippen LogP contribution in [0.2, 0.25) is 0 Å². The van der Waals surface area contributed by atoms with Crippen LogP contribution in [0.3, 0.4) is 0 Å². The van der Waals surface area contributed by atoms with Crippen molar-refractivity contribution in [3.63, 3.8) is 0 Å². The van der Waals surface area contributed by atoms with Gasteiger partial charge >= 0.3 is 5.69 Å². The van der Waals surface area contributed by atoms with Gasteiger partial charge in [-0.25, -0.2) is 9.78 Å². The zero-order chi connectivity index (χ0) is 13.8. The van der Waals surface area contributed by atoms with Crippen LogP contribution in [0, 0.1) is 11.3 Å². The predicted molar refractivity (Wildman–Crippen MR) is 66.3 cm³/mol. The Bertz CT molecular complexity index is 737. The van der Waals surface area contributed by atoms with Crippen LogP contribution >= 0.6 is 0 Å². The van der Waals surface area contributed by atoms with Gasteiger partial charge in [0.1, 0.15) is 11.6 Å². The summed E-state index contributed by atoms with van der Waals surface area (Å²) in [6.45, 7) is 2.32. The van der Waals surface area contributed by atoms with E-state index in [-0.39, 0.29) is 5.56 Å². The highest BCUT2D eigenvalue weighted by molar-refractivity contribution is 5.33. The van der Waals surface area contributed by atoms with E-state index in [9.17, 15) is 9.59 Å². The van der Waals surface area contributed by atoms with Gasteiger partial charge in [-0.15, -0.1) is 0 Å². The lowest BCUT2D eigenvalue weighted by Crippen LogP contribution is -2.30. The van der Waals surface area contributed by atoms with Crippen molar-refractivity contribution in [3.05, 3.63) is 50.9 Å². The maximum atomic E-state index is 11.7. The molecule has 0 saturated carbocycles. The summed E-state index contributed by atoms with van der Waals surface area (Å²) < 4.78 is 6.32. The number of pyridine rings is 1. The fourth-order valence-corrected chi connectivity index (χ4v) is 1.49. The molecule has 0 spiro atoms. The average molecular weight is 258 g/mol. The fourth-order valence-electron chi connectivity index (χ4n) is 1.49. The molecule has 7 heteroatoms. The van der Waals surface area contributed by atoms with Gasteiger partial charge in [0.2, 0.25) is 5.88 Å². The Morgan fingerprint density at radius 3 is 2.84 bits per heavy atom. The molecule has 2 aromatic heterocycles. The monoisotopic (exact) mass is 258 g/mol. The fraction of sp³-hybridized carbons (Fsp3) is 0.167. The molecule has 2 rings (SSSR count). The van der Waals surface area contributed by atoms with Crippen molar-refractivity contribution in [3.8, 4) is 17.6 Å². The van der Waals surface area contributed by atoms with Crippen LogP contribution in [0.1, 0.15) is 12.5 Å². The first-order chi connectivity index (χ1) is 9.15. The Morgan fingerprint density at radius 1 is 1.47 bits per heavy atom. The van der Waals surface area contributed by atoms with Gasteiger partial charge in [-0.2, -0.15) is 5.26 Å². The quantitative estimate of drug-likeness (QED) is 0.846. The van der Waals surface area contributed by atoms with Gasteiger partial charge in [-0.05, 0) is 13.0 Å². The first-order valence-corrected chi connectivity index (χ1v) is 5.51. The second-order valence-electron chi connectivity index (χ2n) is 3.57. The summed E-state index contributed by atoms with van der Waals surface area (Å²) in [4.78, 5) is 29.0. The first-order valence-electron chi connectivity index (χ1n) is 5.51. The molecule has 0 bridgehead atoms. The topological polar surface area (TPSA) is 101 Å². The Morgan fingerprint density at radius 2 is 2.26 bits per heavy atom. The average Bonchev–Trinajstić information content (AvgIpc) is 2.41. The van der Waals surface area contributed by atoms with E-state index in [4.69, 9.17) is 10.00 Å². The molecular formula is C12H10N4O3. The largest absolute Gasteiger partial charge is 0.478 e. The molecular weight excluding hydrogens is 248 g/mol. The minimum absolute atomic E-state index is 0.145. The summed E-state index contributed by atoms with van der Waals surface area (Å²) in [6, 6.07) is 4.93. The van der Waals surface area contributed by atoms with Crippen molar-refractivity contribution in [2.45, 2.75) is 6.92 Å². The highest BCUT2D eigenvalue weighted by Crippen LogP contribution is 2.09. The molecule has 0 fully saturated rings. The van der Waals surface area contributed by atoms with Crippen molar-refractivity contribution >= 4 is 0 Å². The molecule has 2 heterocycles. The molecule has 19 heavy (non-hydrogen) atoms. The summed E-state index contributed by atoms with van der Waals surface area (Å²) in [5.74, 6) is 0.434. The summed E-state index contributed by atoms with van der Waals surface area (Å²) in [6.07, 6.45) is 2.60. The van der Waals surface area contributed by atoms with E-state index in [1.807, 2.05) is 6.92 Å². The maximum Gasteiger partial charge on any atom is 0.333 e. The molecule has 0 radical (unpaired) electrons. The molecule has 0 aliphatic heterocycles. The highest BCUT2D eigenvalue weighted by atomic mass is 16.5. The van der Waals surface area contributed by atoms with Crippen LogP contribution in [-0.4, -0.2) is 21.1 Å². The molecule has 0 unspecified atom stereocenters. The number of nitrogens with zero attached hydrogens (tertiary/aromatic N) is 3. The minimum Gasteiger partial charge on any atom is -0.478 e. The Hall–Kier alpha value is -2.88. The van der Waals surface area contributed by atoms with Crippen LogP contribution in [0.5, 0.6) is 5.88 Å². The van der Waals surface area contributed by atoms with E-state index < -0.39 is 11.2 Å². The molecule has 0 aromatic carbocycles. The lowest BCUT2D eigenvalue weighted by atomic mass is 10.3. The molecule has 0 amide bonds. The number of nitriles is 1. The van der Waals surface area contributed by atoms with Gasteiger partial charge in [0.15, 0.2) is 0 Å². The first kappa shape index (κ1) is 12.6. The molecule has 2 aromatic rings. The number of hydrogen-bond acceptors (Lipinski definition) is 5. The van der Waals surface area contributed by atoms with Gasteiger partial charge in [0.25, 0.3) is 5.56 Å². The van der Waals surface area contributed by atoms with Crippen LogP contribution in [0.25, 0.3) is 5.69 Å². The van der Waals surface area contributed by atoms with Crippen molar-refractivity contribution in [1.82, 2.24) is 14.5 Å². The zero-order valence-corrected chi connectivity index (χ0v) is 10.1. The summed E-state index contributed by atoms with van der Waals surface area (Å²) >= 11 is 0. The molecule has 96 valence electrons. The number of rotatable bonds is 3. The van der Waals surface area contributed by atoms with Crippen molar-refractivity contribution < 1.29 is 4.74 Å². The molecule has 7 nitrogen and oxygen atoms in total. The van der Waals surface area contributed by atoms with Crippen LogP contribution in [0.4, 0.5) is 0 Å². The number of nitrogens with one attached hydrogen (secondary N) is 1. The van der Waals surface area contributed by atoms with Crippen LogP contribution in [-0.2, 0) is 0 Å². The van der Waals surface area contributed by atoms with Crippen molar-refractivity contribution in [2.24, 2.45) is 0 Å². The van der Waals surface area contributed by atoms with Gasteiger partial charge in [-0.3, -0.25) is 14.3 Å².